The van der Waals surface area contributed by atoms with Crippen molar-refractivity contribution in [3.05, 3.63) is 52.2 Å². The zero-order valence-electron chi connectivity index (χ0n) is 28.6. The van der Waals surface area contributed by atoms with Gasteiger partial charge in [-0.1, -0.05) is 23.8 Å². The fourth-order valence-corrected chi connectivity index (χ4v) is 7.75. The van der Waals surface area contributed by atoms with Gasteiger partial charge < -0.3 is 19.7 Å². The molecule has 47 heavy (non-hydrogen) atoms. The van der Waals surface area contributed by atoms with Gasteiger partial charge in [0, 0.05) is 31.9 Å². The number of carbonyl (C=O) groups excluding carboxylic acids is 3. The van der Waals surface area contributed by atoms with Crippen LogP contribution in [0.1, 0.15) is 68.5 Å². The Hall–Kier alpha value is -3.55. The van der Waals surface area contributed by atoms with Gasteiger partial charge in [0.05, 0.1) is 17.4 Å². The highest BCUT2D eigenvalue weighted by Gasteiger charge is 2.35. The van der Waals surface area contributed by atoms with Gasteiger partial charge in [0.1, 0.15) is 17.5 Å². The minimum absolute atomic E-state index is 0.0775. The molecule has 0 spiro atoms. The summed E-state index contributed by atoms with van der Waals surface area (Å²) in [5.74, 6) is -0.577. The second-order valence-electron chi connectivity index (χ2n) is 13.5. The second kappa shape index (κ2) is 15.1. The van der Waals surface area contributed by atoms with Crippen LogP contribution >= 0.6 is 0 Å². The summed E-state index contributed by atoms with van der Waals surface area (Å²) < 4.78 is 39.8. The first-order valence-corrected chi connectivity index (χ1v) is 17.8. The van der Waals surface area contributed by atoms with Gasteiger partial charge >= 0.3 is 12.1 Å². The average molecular weight is 672 g/mol. The first-order valence-electron chi connectivity index (χ1n) is 16.3. The van der Waals surface area contributed by atoms with Crippen molar-refractivity contribution >= 4 is 33.8 Å². The van der Waals surface area contributed by atoms with Gasteiger partial charge in [-0.2, -0.15) is 4.72 Å². The van der Waals surface area contributed by atoms with Crippen molar-refractivity contribution in [3.63, 3.8) is 0 Å². The number of sulfonamides is 1. The molecule has 1 aromatic carbocycles. The number of anilines is 1. The van der Waals surface area contributed by atoms with Gasteiger partial charge in [-0.05, 0) is 103 Å². The lowest BCUT2D eigenvalue weighted by molar-refractivity contribution is -0.145. The quantitative estimate of drug-likeness (QED) is 0.323. The van der Waals surface area contributed by atoms with Gasteiger partial charge in [-0.3, -0.25) is 14.5 Å². The first kappa shape index (κ1) is 36.3. The lowest BCUT2D eigenvalue weighted by Gasteiger charge is -2.38. The monoisotopic (exact) mass is 671 g/mol. The summed E-state index contributed by atoms with van der Waals surface area (Å²) in [5.41, 5.74) is 3.43. The fourth-order valence-electron chi connectivity index (χ4n) is 6.11. The number of benzene rings is 1. The molecule has 2 N–H and O–H groups in total. The Morgan fingerprint density at radius 2 is 1.77 bits per heavy atom. The number of amides is 2. The van der Waals surface area contributed by atoms with E-state index in [2.05, 4.69) is 14.9 Å². The van der Waals surface area contributed by atoms with Crippen LogP contribution in [-0.4, -0.2) is 87.2 Å². The van der Waals surface area contributed by atoms with E-state index in [4.69, 9.17) is 14.5 Å². The van der Waals surface area contributed by atoms with Crippen LogP contribution < -0.4 is 14.9 Å². The Kier molecular flexibility index (Phi) is 11.7. The number of fused-ring (bicyclic) bond motifs is 1. The molecular formula is C34H49N5O7S. The number of hydrogen-bond acceptors (Lipinski definition) is 9. The zero-order valence-corrected chi connectivity index (χ0v) is 29.5. The minimum atomic E-state index is -4.06. The molecule has 3 heterocycles. The van der Waals surface area contributed by atoms with E-state index in [1.165, 1.54) is 0 Å². The van der Waals surface area contributed by atoms with E-state index in [-0.39, 0.29) is 36.0 Å². The molecule has 0 bridgehead atoms. The van der Waals surface area contributed by atoms with E-state index in [0.717, 1.165) is 49.0 Å². The van der Waals surface area contributed by atoms with Gasteiger partial charge in [-0.25, -0.2) is 18.2 Å². The molecule has 13 heteroatoms. The Morgan fingerprint density at radius 1 is 1.09 bits per heavy atom. The van der Waals surface area contributed by atoms with Crippen molar-refractivity contribution in [2.75, 3.05) is 44.2 Å². The summed E-state index contributed by atoms with van der Waals surface area (Å²) in [7, 11) is -4.06. The Labute approximate surface area is 278 Å². The van der Waals surface area contributed by atoms with E-state index in [9.17, 15) is 22.8 Å². The second-order valence-corrected chi connectivity index (χ2v) is 15.1. The third-order valence-electron chi connectivity index (χ3n) is 8.17. The summed E-state index contributed by atoms with van der Waals surface area (Å²) in [4.78, 5) is 47.1. The molecule has 4 rings (SSSR count). The van der Waals surface area contributed by atoms with Gasteiger partial charge in [0.25, 0.3) is 0 Å². The van der Waals surface area contributed by atoms with E-state index < -0.39 is 27.6 Å². The Balaban J connectivity index is 1.26. The number of aryl methyl sites for hydroxylation is 5. The van der Waals surface area contributed by atoms with Crippen LogP contribution in [-0.2, 0) is 41.9 Å². The maximum absolute atomic E-state index is 13.3. The molecule has 0 radical (unpaired) electrons. The predicted molar refractivity (Wildman–Crippen MR) is 179 cm³/mol. The average Bonchev–Trinajstić information content (AvgIpc) is 2.94. The molecule has 0 saturated carbocycles. The van der Waals surface area contributed by atoms with Gasteiger partial charge in [0.2, 0.25) is 15.9 Å². The van der Waals surface area contributed by atoms with Crippen molar-refractivity contribution < 1.29 is 32.3 Å². The van der Waals surface area contributed by atoms with Crippen molar-refractivity contribution in [1.29, 1.82) is 0 Å². The largest absolute Gasteiger partial charge is 0.465 e. The maximum atomic E-state index is 13.3. The van der Waals surface area contributed by atoms with Crippen LogP contribution in [0, 0.1) is 26.7 Å². The third kappa shape index (κ3) is 9.51. The smallest absolute Gasteiger partial charge is 0.416 e. The van der Waals surface area contributed by atoms with Crippen LogP contribution in [0.2, 0.25) is 0 Å². The molecule has 2 aliphatic rings. The highest BCUT2D eigenvalue weighted by molar-refractivity contribution is 7.89. The summed E-state index contributed by atoms with van der Waals surface area (Å²) >= 11 is 0. The van der Waals surface area contributed by atoms with Crippen molar-refractivity contribution in [1.82, 2.24) is 19.9 Å². The number of nitrogens with zero attached hydrogens (tertiary/aromatic N) is 3. The Bertz CT molecular complexity index is 1560. The topological polar surface area (TPSA) is 147 Å². The van der Waals surface area contributed by atoms with Crippen LogP contribution in [0.15, 0.2) is 29.2 Å². The standard InChI is InChI=1S/C34H49N5O7S/c1-8-45-32(41)28(37-47(43,44)29-23(3)17-22(2)18-24(29)4)19-35-31(40)26-20-38(21-26)15-10-12-27-14-13-25-11-9-16-39(30(25)36-27)33(42)46-34(5,6)7/h13-14,17-18,26,28,37H,8-12,15-16,19-21H2,1-7H3,(H,35,40)/t28-/m0/s1. The molecule has 0 aliphatic carbocycles. The summed E-state index contributed by atoms with van der Waals surface area (Å²) in [6, 6.07) is 6.34. The van der Waals surface area contributed by atoms with E-state index in [1.54, 1.807) is 37.8 Å². The normalized spacial score (nSPS) is 16.2. The molecule has 1 atom stereocenters. The number of esters is 1. The molecule has 2 amide bonds. The summed E-state index contributed by atoms with van der Waals surface area (Å²) in [6.45, 7) is 14.8. The number of pyridine rings is 1. The van der Waals surface area contributed by atoms with E-state index >= 15 is 0 Å². The van der Waals surface area contributed by atoms with Crippen LogP contribution in [0.25, 0.3) is 0 Å². The van der Waals surface area contributed by atoms with Crippen LogP contribution in [0.3, 0.4) is 0 Å². The molecule has 1 fully saturated rings. The molecular weight excluding hydrogens is 622 g/mol. The third-order valence-corrected chi connectivity index (χ3v) is 9.94. The van der Waals surface area contributed by atoms with E-state index in [0.29, 0.717) is 36.6 Å². The first-order chi connectivity index (χ1) is 22.1. The number of carbonyl (C=O) groups is 3. The molecule has 0 unspecified atom stereocenters. The summed E-state index contributed by atoms with van der Waals surface area (Å²) in [5, 5.41) is 2.75. The fraction of sp³-hybridized carbons (Fsp3) is 0.588. The molecule has 12 nitrogen and oxygen atoms in total. The molecule has 258 valence electrons. The van der Waals surface area contributed by atoms with E-state index in [1.807, 2.05) is 39.8 Å². The highest BCUT2D eigenvalue weighted by atomic mass is 32.2. The maximum Gasteiger partial charge on any atom is 0.416 e. The zero-order chi connectivity index (χ0) is 34.5. The predicted octanol–water partition coefficient (Wildman–Crippen LogP) is 3.59. The van der Waals surface area contributed by atoms with Gasteiger partial charge in [-0.15, -0.1) is 0 Å². The number of aromatic nitrogens is 1. The number of likely N-dealkylation sites (tertiary alicyclic amines) is 1. The van der Waals surface area contributed by atoms with Gasteiger partial charge in [0.15, 0.2) is 0 Å². The molecule has 2 aromatic rings. The Morgan fingerprint density at radius 3 is 2.40 bits per heavy atom. The number of hydrogen-bond donors (Lipinski definition) is 2. The molecule has 1 aromatic heterocycles. The SMILES string of the molecule is CCOC(=O)[C@H](CNC(=O)C1CN(CCCc2ccc3c(n2)N(C(=O)OC(C)(C)C)CCC3)C1)NS(=O)(=O)c1c(C)cc(C)cc1C. The summed E-state index contributed by atoms with van der Waals surface area (Å²) in [6.07, 6.45) is 2.91. The minimum Gasteiger partial charge on any atom is -0.465 e. The van der Waals surface area contributed by atoms with Crippen LogP contribution in [0.4, 0.5) is 10.6 Å². The lowest BCUT2D eigenvalue weighted by Crippen LogP contribution is -2.56. The van der Waals surface area contributed by atoms with Crippen molar-refractivity contribution in [2.45, 2.75) is 90.7 Å². The highest BCUT2D eigenvalue weighted by Crippen LogP contribution is 2.28. The van der Waals surface area contributed by atoms with Crippen molar-refractivity contribution in [2.24, 2.45) is 5.92 Å². The number of ether oxygens (including phenoxy) is 2. The van der Waals surface area contributed by atoms with Crippen LogP contribution in [0.5, 0.6) is 0 Å². The number of rotatable bonds is 12. The number of nitrogens with one attached hydrogen (secondary N) is 2. The molecule has 1 saturated heterocycles. The van der Waals surface area contributed by atoms with Crippen molar-refractivity contribution in [3.8, 4) is 0 Å². The molecule has 2 aliphatic heterocycles. The lowest BCUT2D eigenvalue weighted by atomic mass is 9.98.